The predicted molar refractivity (Wildman–Crippen MR) is 68.8 cm³/mol. The van der Waals surface area contributed by atoms with E-state index in [2.05, 4.69) is 10.4 Å². The largest absolute Gasteiger partial charge is 0.389 e. The number of hydrogen-bond donors (Lipinski definition) is 2. The smallest absolute Gasteiger partial charge is 0.128 e. The van der Waals surface area contributed by atoms with E-state index >= 15 is 0 Å². The summed E-state index contributed by atoms with van der Waals surface area (Å²) >= 11 is 4.99. The van der Waals surface area contributed by atoms with Gasteiger partial charge in [0.2, 0.25) is 0 Å². The summed E-state index contributed by atoms with van der Waals surface area (Å²) in [7, 11) is 1.87. The van der Waals surface area contributed by atoms with Gasteiger partial charge in [0, 0.05) is 24.4 Å². The van der Waals surface area contributed by atoms with Gasteiger partial charge in [0.05, 0.1) is 6.20 Å². The van der Waals surface area contributed by atoms with Gasteiger partial charge in [0.25, 0.3) is 0 Å². The van der Waals surface area contributed by atoms with Gasteiger partial charge in [-0.05, 0) is 12.1 Å². The van der Waals surface area contributed by atoms with Crippen LogP contribution < -0.4 is 11.1 Å². The minimum Gasteiger partial charge on any atom is -0.389 e. The normalized spacial score (nSPS) is 10.1. The first kappa shape index (κ1) is 10.6. The van der Waals surface area contributed by atoms with Gasteiger partial charge in [-0.2, -0.15) is 5.10 Å². The molecule has 82 valence electrons. The molecule has 0 unspecified atom stereocenters. The summed E-state index contributed by atoms with van der Waals surface area (Å²) in [5.41, 5.74) is 7.37. The summed E-state index contributed by atoms with van der Waals surface area (Å²) in [5, 5.41) is 7.31. The molecule has 0 aliphatic rings. The number of nitrogens with zero attached hydrogens (tertiary/aromatic N) is 2. The second-order valence-electron chi connectivity index (χ2n) is 3.37. The van der Waals surface area contributed by atoms with Crippen LogP contribution >= 0.6 is 12.2 Å². The summed E-state index contributed by atoms with van der Waals surface area (Å²) in [4.78, 5) is 0.380. The zero-order chi connectivity index (χ0) is 11.5. The van der Waals surface area contributed by atoms with E-state index in [9.17, 15) is 0 Å². The minimum atomic E-state index is 0.380. The fourth-order valence-electron chi connectivity index (χ4n) is 1.44. The molecule has 0 bridgehead atoms. The quantitative estimate of drug-likeness (QED) is 0.792. The van der Waals surface area contributed by atoms with Crippen LogP contribution in [0.4, 0.5) is 11.5 Å². The average Bonchev–Trinajstić information content (AvgIpc) is 2.65. The summed E-state index contributed by atoms with van der Waals surface area (Å²) in [5.74, 6) is 0.892. The Morgan fingerprint density at radius 3 is 2.75 bits per heavy atom. The van der Waals surface area contributed by atoms with Crippen LogP contribution in [0.1, 0.15) is 5.56 Å². The van der Waals surface area contributed by atoms with Crippen LogP contribution in [0.2, 0.25) is 0 Å². The van der Waals surface area contributed by atoms with E-state index < -0.39 is 0 Å². The molecular formula is C11H12N4S. The number of nitrogens with one attached hydrogen (secondary N) is 1. The SMILES string of the molecule is Cn1nccc1Nc1ccccc1C(N)=S. The number of aryl methyl sites for hydroxylation is 1. The average molecular weight is 232 g/mol. The molecule has 0 saturated heterocycles. The third-order valence-electron chi connectivity index (χ3n) is 2.28. The lowest BCUT2D eigenvalue weighted by Gasteiger charge is -2.10. The van der Waals surface area contributed by atoms with E-state index in [1.165, 1.54) is 0 Å². The van der Waals surface area contributed by atoms with E-state index in [0.29, 0.717) is 4.99 Å². The van der Waals surface area contributed by atoms with Gasteiger partial charge < -0.3 is 11.1 Å². The van der Waals surface area contributed by atoms with Crippen LogP contribution in [-0.4, -0.2) is 14.8 Å². The van der Waals surface area contributed by atoms with Crippen molar-refractivity contribution in [3.63, 3.8) is 0 Å². The second kappa shape index (κ2) is 4.32. The third kappa shape index (κ3) is 2.04. The fraction of sp³-hybridized carbons (Fsp3) is 0.0909. The Kier molecular flexibility index (Phi) is 2.87. The van der Waals surface area contributed by atoms with E-state index in [4.69, 9.17) is 18.0 Å². The second-order valence-corrected chi connectivity index (χ2v) is 3.81. The molecule has 1 heterocycles. The molecule has 0 radical (unpaired) electrons. The molecule has 1 aromatic carbocycles. The van der Waals surface area contributed by atoms with E-state index in [1.54, 1.807) is 10.9 Å². The molecule has 1 aromatic heterocycles. The standard InChI is InChI=1S/C11H12N4S/c1-15-10(6-7-13-15)14-9-5-3-2-4-8(9)11(12)16/h2-7,14H,1H3,(H2,12,16). The van der Waals surface area contributed by atoms with Crippen molar-refractivity contribution in [3.8, 4) is 0 Å². The Morgan fingerprint density at radius 2 is 2.12 bits per heavy atom. The molecule has 4 nitrogen and oxygen atoms in total. The molecule has 0 amide bonds. The van der Waals surface area contributed by atoms with Gasteiger partial charge in [-0.1, -0.05) is 24.4 Å². The molecule has 0 fully saturated rings. The number of thiocarbonyl (C=S) groups is 1. The number of hydrogen-bond acceptors (Lipinski definition) is 3. The number of anilines is 2. The van der Waals surface area contributed by atoms with Gasteiger partial charge in [0.15, 0.2) is 0 Å². The number of nitrogens with two attached hydrogens (primary N) is 1. The molecule has 0 atom stereocenters. The molecule has 0 saturated carbocycles. The Morgan fingerprint density at radius 1 is 1.38 bits per heavy atom. The van der Waals surface area contributed by atoms with Gasteiger partial charge in [0.1, 0.15) is 10.8 Å². The highest BCUT2D eigenvalue weighted by atomic mass is 32.1. The van der Waals surface area contributed by atoms with E-state index in [-0.39, 0.29) is 0 Å². The van der Waals surface area contributed by atoms with Gasteiger partial charge in [-0.3, -0.25) is 4.68 Å². The van der Waals surface area contributed by atoms with Crippen molar-refractivity contribution in [1.82, 2.24) is 9.78 Å². The first-order valence-electron chi connectivity index (χ1n) is 4.82. The summed E-state index contributed by atoms with van der Waals surface area (Å²) in [6, 6.07) is 9.54. The Labute approximate surface area is 99.1 Å². The maximum absolute atomic E-state index is 5.65. The summed E-state index contributed by atoms with van der Waals surface area (Å²) < 4.78 is 1.75. The van der Waals surface area contributed by atoms with Crippen molar-refractivity contribution in [2.45, 2.75) is 0 Å². The van der Waals surface area contributed by atoms with Gasteiger partial charge in [-0.25, -0.2) is 0 Å². The third-order valence-corrected chi connectivity index (χ3v) is 2.50. The molecular weight excluding hydrogens is 220 g/mol. The zero-order valence-electron chi connectivity index (χ0n) is 8.84. The van der Waals surface area contributed by atoms with Crippen molar-refractivity contribution >= 4 is 28.7 Å². The topological polar surface area (TPSA) is 55.9 Å². The lowest BCUT2D eigenvalue weighted by Crippen LogP contribution is -2.12. The van der Waals surface area contributed by atoms with Crippen molar-refractivity contribution in [3.05, 3.63) is 42.1 Å². The maximum Gasteiger partial charge on any atom is 0.128 e. The summed E-state index contributed by atoms with van der Waals surface area (Å²) in [6.45, 7) is 0. The number of para-hydroxylation sites is 1. The molecule has 0 aliphatic carbocycles. The van der Waals surface area contributed by atoms with Gasteiger partial charge >= 0.3 is 0 Å². The minimum absolute atomic E-state index is 0.380. The molecule has 3 N–H and O–H groups in total. The molecule has 2 rings (SSSR count). The summed E-state index contributed by atoms with van der Waals surface area (Å²) in [6.07, 6.45) is 1.73. The van der Waals surface area contributed by atoms with E-state index in [1.807, 2.05) is 37.4 Å². The van der Waals surface area contributed by atoms with Gasteiger partial charge in [-0.15, -0.1) is 0 Å². The maximum atomic E-state index is 5.65. The van der Waals surface area contributed by atoms with E-state index in [0.717, 1.165) is 17.1 Å². The van der Waals surface area contributed by atoms with Crippen molar-refractivity contribution < 1.29 is 0 Å². The highest BCUT2D eigenvalue weighted by molar-refractivity contribution is 7.80. The molecule has 16 heavy (non-hydrogen) atoms. The fourth-order valence-corrected chi connectivity index (χ4v) is 1.62. The number of aromatic nitrogens is 2. The van der Waals surface area contributed by atoms with Crippen LogP contribution in [0, 0.1) is 0 Å². The van der Waals surface area contributed by atoms with Crippen molar-refractivity contribution in [1.29, 1.82) is 0 Å². The highest BCUT2D eigenvalue weighted by Gasteiger charge is 2.05. The number of rotatable bonds is 3. The van der Waals surface area contributed by atoms with Crippen molar-refractivity contribution in [2.75, 3.05) is 5.32 Å². The van der Waals surface area contributed by atoms with Crippen LogP contribution in [-0.2, 0) is 7.05 Å². The predicted octanol–water partition coefficient (Wildman–Crippen LogP) is 1.80. The Balaban J connectivity index is 2.35. The van der Waals surface area contributed by atoms with Crippen LogP contribution in [0.5, 0.6) is 0 Å². The highest BCUT2D eigenvalue weighted by Crippen LogP contribution is 2.19. The lowest BCUT2D eigenvalue weighted by atomic mass is 10.2. The first-order chi connectivity index (χ1) is 7.68. The lowest BCUT2D eigenvalue weighted by molar-refractivity contribution is 0.776. The molecule has 5 heteroatoms. The van der Waals surface area contributed by atoms with Crippen LogP contribution in [0.3, 0.4) is 0 Å². The Hall–Kier alpha value is -1.88. The number of benzene rings is 1. The first-order valence-corrected chi connectivity index (χ1v) is 5.23. The molecule has 0 aliphatic heterocycles. The molecule has 2 aromatic rings. The molecule has 0 spiro atoms. The Bertz CT molecular complexity index is 518. The van der Waals surface area contributed by atoms with Crippen LogP contribution in [0.15, 0.2) is 36.5 Å². The van der Waals surface area contributed by atoms with Crippen LogP contribution in [0.25, 0.3) is 0 Å². The van der Waals surface area contributed by atoms with Crippen molar-refractivity contribution in [2.24, 2.45) is 12.8 Å². The zero-order valence-corrected chi connectivity index (χ0v) is 9.66. The monoisotopic (exact) mass is 232 g/mol.